The quantitative estimate of drug-likeness (QED) is 0.635. The molecule has 92 valence electrons. The van der Waals surface area contributed by atoms with Crippen LogP contribution in [0.15, 0.2) is 42.5 Å². The molecule has 3 heteroatoms. The third-order valence-electron chi connectivity index (χ3n) is 2.41. The van der Waals surface area contributed by atoms with Gasteiger partial charge in [0, 0.05) is 0 Å². The van der Waals surface area contributed by atoms with Crippen LogP contribution < -0.4 is 0 Å². The predicted octanol–water partition coefficient (Wildman–Crippen LogP) is 3.38. The second-order valence-electron chi connectivity index (χ2n) is 3.79. The van der Waals surface area contributed by atoms with Gasteiger partial charge in [0.05, 0.1) is 17.2 Å². The molecule has 0 saturated carbocycles. The third-order valence-corrected chi connectivity index (χ3v) is 2.41. The average Bonchev–Trinajstić information content (AvgIpc) is 2.39. The van der Waals surface area contributed by atoms with Crippen molar-refractivity contribution in [2.24, 2.45) is 0 Å². The standard InChI is InChI=1S/C15H15NO2/c1-2-3-4-5-6-14(15(17)18)13-9-7-12(11-16)8-10-13/h4-10H,2-3H2,1H3,(H,17,18). The van der Waals surface area contributed by atoms with Crippen LogP contribution in [0.2, 0.25) is 0 Å². The van der Waals surface area contributed by atoms with Crippen molar-refractivity contribution in [3.05, 3.63) is 53.6 Å². The van der Waals surface area contributed by atoms with Crippen LogP contribution >= 0.6 is 0 Å². The molecule has 1 aromatic carbocycles. The Morgan fingerprint density at radius 2 is 2.06 bits per heavy atom. The average molecular weight is 241 g/mol. The highest BCUT2D eigenvalue weighted by atomic mass is 16.4. The van der Waals surface area contributed by atoms with Crippen molar-refractivity contribution < 1.29 is 9.90 Å². The maximum atomic E-state index is 11.2. The van der Waals surface area contributed by atoms with E-state index in [1.54, 1.807) is 36.4 Å². The van der Waals surface area contributed by atoms with Crippen LogP contribution in [0.1, 0.15) is 30.9 Å². The molecular formula is C15H15NO2. The first kappa shape index (κ1) is 13.7. The van der Waals surface area contributed by atoms with Gasteiger partial charge in [-0.3, -0.25) is 0 Å². The lowest BCUT2D eigenvalue weighted by Crippen LogP contribution is -1.99. The van der Waals surface area contributed by atoms with E-state index in [2.05, 4.69) is 6.92 Å². The molecule has 0 fully saturated rings. The van der Waals surface area contributed by atoms with Crippen molar-refractivity contribution in [2.45, 2.75) is 19.8 Å². The van der Waals surface area contributed by atoms with Crippen molar-refractivity contribution in [3.63, 3.8) is 0 Å². The molecule has 0 heterocycles. The first-order chi connectivity index (χ1) is 8.69. The lowest BCUT2D eigenvalue weighted by molar-refractivity contribution is -0.130. The Hall–Kier alpha value is -2.34. The smallest absolute Gasteiger partial charge is 0.336 e. The van der Waals surface area contributed by atoms with Gasteiger partial charge >= 0.3 is 5.97 Å². The molecule has 0 atom stereocenters. The maximum absolute atomic E-state index is 11.2. The summed E-state index contributed by atoms with van der Waals surface area (Å²) in [5.74, 6) is -0.971. The van der Waals surface area contributed by atoms with Crippen LogP contribution in [0.25, 0.3) is 5.57 Å². The number of nitrogens with zero attached hydrogens (tertiary/aromatic N) is 1. The van der Waals surface area contributed by atoms with E-state index in [0.717, 1.165) is 12.8 Å². The summed E-state index contributed by atoms with van der Waals surface area (Å²) in [4.78, 5) is 11.2. The summed E-state index contributed by atoms with van der Waals surface area (Å²) in [6.45, 7) is 2.06. The number of benzene rings is 1. The SMILES string of the molecule is CCCC=CC=C(C(=O)O)c1ccc(C#N)cc1. The molecule has 0 unspecified atom stereocenters. The normalized spacial score (nSPS) is 11.4. The second kappa shape index (κ2) is 7.08. The Bertz CT molecular complexity index is 504. The van der Waals surface area contributed by atoms with Gasteiger partial charge in [-0.2, -0.15) is 5.26 Å². The van der Waals surface area contributed by atoms with E-state index >= 15 is 0 Å². The van der Waals surface area contributed by atoms with E-state index in [-0.39, 0.29) is 5.57 Å². The molecule has 1 aromatic rings. The summed E-state index contributed by atoms with van der Waals surface area (Å²) < 4.78 is 0. The topological polar surface area (TPSA) is 61.1 Å². The molecule has 0 aromatic heterocycles. The van der Waals surface area contributed by atoms with Crippen molar-refractivity contribution in [3.8, 4) is 6.07 Å². The Kier molecular flexibility index (Phi) is 5.40. The highest BCUT2D eigenvalue weighted by Crippen LogP contribution is 2.15. The summed E-state index contributed by atoms with van der Waals surface area (Å²) in [5.41, 5.74) is 1.35. The molecule has 0 aliphatic heterocycles. The highest BCUT2D eigenvalue weighted by molar-refractivity contribution is 6.15. The van der Waals surface area contributed by atoms with Crippen LogP contribution in [0, 0.1) is 11.3 Å². The van der Waals surface area contributed by atoms with Gasteiger partial charge in [0.15, 0.2) is 0 Å². The van der Waals surface area contributed by atoms with Crippen molar-refractivity contribution in [1.82, 2.24) is 0 Å². The first-order valence-electron chi connectivity index (χ1n) is 5.79. The minimum Gasteiger partial charge on any atom is -0.478 e. The summed E-state index contributed by atoms with van der Waals surface area (Å²) in [5, 5.41) is 17.8. The molecule has 0 saturated heterocycles. The molecule has 0 spiro atoms. The first-order valence-corrected chi connectivity index (χ1v) is 5.79. The highest BCUT2D eigenvalue weighted by Gasteiger charge is 2.08. The molecule has 0 amide bonds. The summed E-state index contributed by atoms with van der Waals surface area (Å²) in [6.07, 6.45) is 7.23. The van der Waals surface area contributed by atoms with Crippen LogP contribution in [-0.4, -0.2) is 11.1 Å². The van der Waals surface area contributed by atoms with Crippen LogP contribution in [-0.2, 0) is 4.79 Å². The minimum atomic E-state index is -0.971. The fourth-order valence-electron chi connectivity index (χ4n) is 1.44. The van der Waals surface area contributed by atoms with Crippen LogP contribution in [0.3, 0.4) is 0 Å². The zero-order valence-electron chi connectivity index (χ0n) is 10.3. The van der Waals surface area contributed by atoms with Crippen molar-refractivity contribution in [2.75, 3.05) is 0 Å². The van der Waals surface area contributed by atoms with E-state index in [0.29, 0.717) is 11.1 Å². The number of unbranched alkanes of at least 4 members (excludes halogenated alkanes) is 1. The molecule has 18 heavy (non-hydrogen) atoms. The summed E-state index contributed by atoms with van der Waals surface area (Å²) in [7, 11) is 0. The number of hydrogen-bond acceptors (Lipinski definition) is 2. The van der Waals surface area contributed by atoms with Crippen molar-refractivity contribution >= 4 is 11.5 Å². The summed E-state index contributed by atoms with van der Waals surface area (Å²) in [6, 6.07) is 8.52. The van der Waals surface area contributed by atoms with Gasteiger partial charge in [-0.1, -0.05) is 37.6 Å². The second-order valence-corrected chi connectivity index (χ2v) is 3.79. The Morgan fingerprint density at radius 3 is 2.56 bits per heavy atom. The summed E-state index contributed by atoms with van der Waals surface area (Å²) >= 11 is 0. The lowest BCUT2D eigenvalue weighted by Gasteiger charge is -2.01. The number of nitriles is 1. The van der Waals surface area contributed by atoms with Gasteiger partial charge in [-0.25, -0.2) is 4.79 Å². The van der Waals surface area contributed by atoms with Gasteiger partial charge in [-0.05, 0) is 30.2 Å². The number of carboxylic acids is 1. The number of carboxylic acid groups (broad SMARTS) is 1. The van der Waals surface area contributed by atoms with Gasteiger partial charge in [0.25, 0.3) is 0 Å². The number of allylic oxidation sites excluding steroid dienone is 3. The number of rotatable bonds is 5. The Balaban J connectivity index is 2.98. The maximum Gasteiger partial charge on any atom is 0.336 e. The van der Waals surface area contributed by atoms with Crippen molar-refractivity contribution in [1.29, 1.82) is 5.26 Å². The van der Waals surface area contributed by atoms with Gasteiger partial charge < -0.3 is 5.11 Å². The van der Waals surface area contributed by atoms with Crippen LogP contribution in [0.4, 0.5) is 0 Å². The zero-order valence-corrected chi connectivity index (χ0v) is 10.3. The Morgan fingerprint density at radius 1 is 1.39 bits per heavy atom. The van der Waals surface area contributed by atoms with Gasteiger partial charge in [-0.15, -0.1) is 0 Å². The number of carbonyl (C=O) groups is 1. The molecule has 3 nitrogen and oxygen atoms in total. The molecule has 0 aliphatic rings. The molecule has 0 bridgehead atoms. The lowest BCUT2D eigenvalue weighted by atomic mass is 10.0. The monoisotopic (exact) mass is 241 g/mol. The van der Waals surface area contributed by atoms with Gasteiger partial charge in [0.2, 0.25) is 0 Å². The molecule has 1 N–H and O–H groups in total. The minimum absolute atomic E-state index is 0.229. The predicted molar refractivity (Wildman–Crippen MR) is 70.8 cm³/mol. The molecule has 0 aliphatic carbocycles. The van der Waals surface area contributed by atoms with Crippen LogP contribution in [0.5, 0.6) is 0 Å². The number of hydrogen-bond donors (Lipinski definition) is 1. The molecular weight excluding hydrogens is 226 g/mol. The molecule has 1 rings (SSSR count). The van der Waals surface area contributed by atoms with E-state index < -0.39 is 5.97 Å². The number of aliphatic carboxylic acids is 1. The van der Waals surface area contributed by atoms with E-state index in [1.807, 2.05) is 12.1 Å². The Labute approximate surface area is 107 Å². The van der Waals surface area contributed by atoms with Gasteiger partial charge in [0.1, 0.15) is 0 Å². The fourth-order valence-corrected chi connectivity index (χ4v) is 1.44. The van der Waals surface area contributed by atoms with E-state index in [4.69, 9.17) is 10.4 Å². The van der Waals surface area contributed by atoms with E-state index in [9.17, 15) is 4.79 Å². The fraction of sp³-hybridized carbons (Fsp3) is 0.200. The third kappa shape index (κ3) is 3.91. The zero-order chi connectivity index (χ0) is 13.4. The molecule has 0 radical (unpaired) electrons. The van der Waals surface area contributed by atoms with E-state index in [1.165, 1.54) is 0 Å². The largest absolute Gasteiger partial charge is 0.478 e.